The van der Waals surface area contributed by atoms with E-state index in [2.05, 4.69) is 0 Å². The number of halogens is 3. The van der Waals surface area contributed by atoms with Crippen LogP contribution in [0.4, 0.5) is 10.1 Å². The summed E-state index contributed by atoms with van der Waals surface area (Å²) in [6.45, 7) is 0.542. The van der Waals surface area contributed by atoms with Crippen molar-refractivity contribution in [1.29, 1.82) is 0 Å². The Hall–Kier alpha value is -3.35. The third kappa shape index (κ3) is 3.65. The maximum absolute atomic E-state index is 13.8. The SMILES string of the molecule is O=C1C(=O)N(c2ccc(F)c(Cl)c2)C(c2ccc(Cl)cc2)/C1=C(/O)c1ccc2c(c1)CCO2. The van der Waals surface area contributed by atoms with E-state index in [1.54, 1.807) is 42.5 Å². The van der Waals surface area contributed by atoms with Crippen molar-refractivity contribution in [3.05, 3.63) is 98.8 Å². The summed E-state index contributed by atoms with van der Waals surface area (Å²) < 4.78 is 19.3. The van der Waals surface area contributed by atoms with E-state index in [1.165, 1.54) is 17.0 Å². The van der Waals surface area contributed by atoms with Gasteiger partial charge in [-0.25, -0.2) is 4.39 Å². The summed E-state index contributed by atoms with van der Waals surface area (Å²) in [4.78, 5) is 27.5. The fourth-order valence-electron chi connectivity index (χ4n) is 4.18. The number of hydrogen-bond donors (Lipinski definition) is 1. The maximum Gasteiger partial charge on any atom is 0.300 e. The number of nitrogens with zero attached hydrogens (tertiary/aromatic N) is 1. The Morgan fingerprint density at radius 2 is 1.79 bits per heavy atom. The van der Waals surface area contributed by atoms with Crippen molar-refractivity contribution in [2.45, 2.75) is 12.5 Å². The maximum atomic E-state index is 13.8. The molecule has 3 aromatic carbocycles. The summed E-state index contributed by atoms with van der Waals surface area (Å²) >= 11 is 12.0. The fourth-order valence-corrected chi connectivity index (χ4v) is 4.48. The van der Waals surface area contributed by atoms with E-state index in [0.29, 0.717) is 29.2 Å². The summed E-state index contributed by atoms with van der Waals surface area (Å²) in [5, 5.41) is 11.5. The molecular formula is C25H16Cl2FNO4. The molecule has 2 aliphatic heterocycles. The highest BCUT2D eigenvalue weighted by molar-refractivity contribution is 6.51. The third-order valence-electron chi connectivity index (χ3n) is 5.77. The Labute approximate surface area is 198 Å². The first-order chi connectivity index (χ1) is 15.8. The van der Waals surface area contributed by atoms with Gasteiger partial charge in [0.15, 0.2) is 0 Å². The first-order valence-corrected chi connectivity index (χ1v) is 10.9. The molecular weight excluding hydrogens is 468 g/mol. The van der Waals surface area contributed by atoms with E-state index >= 15 is 0 Å². The van der Waals surface area contributed by atoms with Crippen LogP contribution in [-0.2, 0) is 16.0 Å². The molecule has 1 unspecified atom stereocenters. The Bertz CT molecular complexity index is 1340. The molecule has 1 atom stereocenters. The highest BCUT2D eigenvalue weighted by Gasteiger charge is 2.47. The van der Waals surface area contributed by atoms with Gasteiger partial charge in [-0.3, -0.25) is 14.5 Å². The second-order valence-electron chi connectivity index (χ2n) is 7.74. The van der Waals surface area contributed by atoms with Crippen LogP contribution in [0.2, 0.25) is 10.0 Å². The number of ketones is 1. The molecule has 0 aliphatic carbocycles. The molecule has 0 spiro atoms. The molecule has 8 heteroatoms. The summed E-state index contributed by atoms with van der Waals surface area (Å²) in [6.07, 6.45) is 0.680. The monoisotopic (exact) mass is 483 g/mol. The summed E-state index contributed by atoms with van der Waals surface area (Å²) in [5.41, 5.74) is 1.99. The van der Waals surface area contributed by atoms with Crippen molar-refractivity contribution in [3.63, 3.8) is 0 Å². The summed E-state index contributed by atoms with van der Waals surface area (Å²) in [7, 11) is 0. The van der Waals surface area contributed by atoms with Gasteiger partial charge in [-0.15, -0.1) is 0 Å². The van der Waals surface area contributed by atoms with Gasteiger partial charge in [-0.05, 0) is 59.7 Å². The molecule has 0 bridgehead atoms. The largest absolute Gasteiger partial charge is 0.507 e. The third-order valence-corrected chi connectivity index (χ3v) is 6.32. The van der Waals surface area contributed by atoms with E-state index in [9.17, 15) is 19.1 Å². The number of fused-ring (bicyclic) bond motifs is 1. The number of anilines is 1. The van der Waals surface area contributed by atoms with Gasteiger partial charge in [0.2, 0.25) is 0 Å². The van der Waals surface area contributed by atoms with E-state index < -0.39 is 23.5 Å². The fraction of sp³-hybridized carbons (Fsp3) is 0.120. The quantitative estimate of drug-likeness (QED) is 0.295. The van der Waals surface area contributed by atoms with Gasteiger partial charge in [0.1, 0.15) is 17.3 Å². The topological polar surface area (TPSA) is 66.8 Å². The summed E-state index contributed by atoms with van der Waals surface area (Å²) in [5.74, 6) is -1.95. The lowest BCUT2D eigenvalue weighted by Crippen LogP contribution is -2.29. The first kappa shape index (κ1) is 21.5. The molecule has 1 amide bonds. The van der Waals surface area contributed by atoms with E-state index in [0.717, 1.165) is 17.4 Å². The normalized spacial score (nSPS) is 19.0. The number of ether oxygens (including phenoxy) is 1. The van der Waals surface area contributed by atoms with Gasteiger partial charge >= 0.3 is 0 Å². The van der Waals surface area contributed by atoms with E-state index in [4.69, 9.17) is 27.9 Å². The molecule has 1 N–H and O–H groups in total. The molecule has 1 saturated heterocycles. The van der Waals surface area contributed by atoms with Crippen molar-refractivity contribution in [3.8, 4) is 5.75 Å². The van der Waals surface area contributed by atoms with Crippen molar-refractivity contribution in [2.24, 2.45) is 0 Å². The van der Waals surface area contributed by atoms with Gasteiger partial charge in [-0.2, -0.15) is 0 Å². The molecule has 5 rings (SSSR count). The average molecular weight is 484 g/mol. The lowest BCUT2D eigenvalue weighted by molar-refractivity contribution is -0.132. The van der Waals surface area contributed by atoms with Crippen LogP contribution in [-0.4, -0.2) is 23.4 Å². The molecule has 2 aliphatic rings. The van der Waals surface area contributed by atoms with E-state index in [-0.39, 0.29) is 22.0 Å². The van der Waals surface area contributed by atoms with Crippen LogP contribution in [0, 0.1) is 5.82 Å². The zero-order valence-electron chi connectivity index (χ0n) is 17.0. The minimum atomic E-state index is -0.965. The predicted molar refractivity (Wildman–Crippen MR) is 123 cm³/mol. The standard InChI is InChI=1S/C25H16Cl2FNO4/c26-16-4-1-13(2-5-16)22-21(23(30)15-3-8-20-14(11-15)9-10-33-20)24(31)25(32)29(22)17-6-7-19(28)18(27)12-17/h1-8,11-12,22,30H,9-10H2/b23-21-. The van der Waals surface area contributed by atoms with Crippen molar-refractivity contribution in [1.82, 2.24) is 0 Å². The summed E-state index contributed by atoms with van der Waals surface area (Å²) in [6, 6.07) is 14.5. The molecule has 5 nitrogen and oxygen atoms in total. The molecule has 33 heavy (non-hydrogen) atoms. The average Bonchev–Trinajstić information content (AvgIpc) is 3.38. The zero-order chi connectivity index (χ0) is 23.3. The van der Waals surface area contributed by atoms with Crippen LogP contribution >= 0.6 is 23.2 Å². The van der Waals surface area contributed by atoms with Crippen LogP contribution in [0.15, 0.2) is 66.2 Å². The van der Waals surface area contributed by atoms with Crippen molar-refractivity contribution in [2.75, 3.05) is 11.5 Å². The van der Waals surface area contributed by atoms with Gasteiger partial charge in [0, 0.05) is 22.7 Å². The number of hydrogen-bond acceptors (Lipinski definition) is 4. The van der Waals surface area contributed by atoms with Crippen LogP contribution in [0.25, 0.3) is 5.76 Å². The molecule has 0 saturated carbocycles. The minimum Gasteiger partial charge on any atom is -0.507 e. The number of carbonyl (C=O) groups is 2. The smallest absolute Gasteiger partial charge is 0.300 e. The van der Waals surface area contributed by atoms with Crippen LogP contribution in [0.5, 0.6) is 5.75 Å². The Morgan fingerprint density at radius 1 is 1.03 bits per heavy atom. The number of benzene rings is 3. The Morgan fingerprint density at radius 3 is 2.52 bits per heavy atom. The Kier molecular flexibility index (Phi) is 5.35. The van der Waals surface area contributed by atoms with Crippen molar-refractivity contribution >= 4 is 46.3 Å². The Balaban J connectivity index is 1.71. The number of aliphatic hydroxyl groups excluding tert-OH is 1. The minimum absolute atomic E-state index is 0.0818. The number of carbonyl (C=O) groups excluding carboxylic acids is 2. The van der Waals surface area contributed by atoms with Gasteiger partial charge in [0.25, 0.3) is 11.7 Å². The number of amides is 1. The van der Waals surface area contributed by atoms with Crippen LogP contribution in [0.1, 0.15) is 22.7 Å². The lowest BCUT2D eigenvalue weighted by atomic mass is 9.94. The molecule has 0 radical (unpaired) electrons. The molecule has 1 fully saturated rings. The van der Waals surface area contributed by atoms with Gasteiger partial charge in [-0.1, -0.05) is 35.3 Å². The molecule has 166 valence electrons. The molecule has 0 aromatic heterocycles. The first-order valence-electron chi connectivity index (χ1n) is 10.1. The van der Waals surface area contributed by atoms with Crippen molar-refractivity contribution < 1.29 is 23.8 Å². The second kappa shape index (κ2) is 8.21. The highest BCUT2D eigenvalue weighted by Crippen LogP contribution is 2.43. The van der Waals surface area contributed by atoms with Gasteiger partial charge in [0.05, 0.1) is 23.2 Å². The van der Waals surface area contributed by atoms with E-state index in [1.807, 2.05) is 0 Å². The molecule has 3 aromatic rings. The van der Waals surface area contributed by atoms with Crippen LogP contribution < -0.4 is 9.64 Å². The number of rotatable bonds is 3. The highest BCUT2D eigenvalue weighted by atomic mass is 35.5. The molecule has 2 heterocycles. The van der Waals surface area contributed by atoms with Gasteiger partial charge < -0.3 is 9.84 Å². The zero-order valence-corrected chi connectivity index (χ0v) is 18.5. The second-order valence-corrected chi connectivity index (χ2v) is 8.58. The number of aliphatic hydroxyl groups is 1. The van der Waals surface area contributed by atoms with Crippen LogP contribution in [0.3, 0.4) is 0 Å². The number of Topliss-reactive ketones (excluding diaryl/α,β-unsaturated/α-hetero) is 1. The lowest BCUT2D eigenvalue weighted by Gasteiger charge is -2.25. The predicted octanol–water partition coefficient (Wildman–Crippen LogP) is 5.69.